The van der Waals surface area contributed by atoms with Crippen molar-refractivity contribution in [2.24, 2.45) is 0 Å². The normalized spacial score (nSPS) is 10.1. The number of hydrogen-bond acceptors (Lipinski definition) is 3. The van der Waals surface area contributed by atoms with Crippen LogP contribution in [-0.4, -0.2) is 39.3 Å². The summed E-state index contributed by atoms with van der Waals surface area (Å²) in [5.74, 6) is -1.02. The lowest BCUT2D eigenvalue weighted by Crippen LogP contribution is -2.17. The van der Waals surface area contributed by atoms with Crippen LogP contribution in [0.25, 0.3) is 0 Å². The summed E-state index contributed by atoms with van der Waals surface area (Å²) in [5, 5.41) is 9.24. The van der Waals surface area contributed by atoms with Gasteiger partial charge >= 0.3 is 5.97 Å². The summed E-state index contributed by atoms with van der Waals surface area (Å²) in [7, 11) is 7.50. The third-order valence-corrected chi connectivity index (χ3v) is 2.57. The summed E-state index contributed by atoms with van der Waals surface area (Å²) < 4.78 is 0. The quantitative estimate of drug-likeness (QED) is 0.882. The van der Waals surface area contributed by atoms with Gasteiger partial charge in [0.15, 0.2) is 0 Å². The number of halogens is 1. The third kappa shape index (κ3) is 2.39. The molecule has 1 aromatic rings. The molecule has 0 aromatic heterocycles. The van der Waals surface area contributed by atoms with E-state index in [4.69, 9.17) is 16.7 Å². The molecule has 1 N–H and O–H groups in total. The lowest BCUT2D eigenvalue weighted by Gasteiger charge is -2.23. The third-order valence-electron chi connectivity index (χ3n) is 2.26. The van der Waals surface area contributed by atoms with Gasteiger partial charge in [-0.25, -0.2) is 4.79 Å². The van der Waals surface area contributed by atoms with Crippen molar-refractivity contribution >= 4 is 28.9 Å². The van der Waals surface area contributed by atoms with Crippen LogP contribution in [-0.2, 0) is 0 Å². The fraction of sp³-hybridized carbons (Fsp3) is 0.364. The first-order chi connectivity index (χ1) is 7.34. The second-order valence-corrected chi connectivity index (χ2v) is 4.32. The zero-order chi connectivity index (χ0) is 12.5. The van der Waals surface area contributed by atoms with Crippen molar-refractivity contribution in [2.75, 3.05) is 38.0 Å². The Kier molecular flexibility index (Phi) is 3.65. The summed E-state index contributed by atoms with van der Waals surface area (Å²) >= 11 is 5.92. The van der Waals surface area contributed by atoms with E-state index in [1.54, 1.807) is 12.1 Å². The van der Waals surface area contributed by atoms with Crippen LogP contribution in [0, 0.1) is 0 Å². The van der Waals surface area contributed by atoms with Crippen molar-refractivity contribution in [3.8, 4) is 0 Å². The molecule has 0 aliphatic carbocycles. The lowest BCUT2D eigenvalue weighted by molar-refractivity contribution is 0.0697. The molecule has 0 amide bonds. The largest absolute Gasteiger partial charge is 0.478 e. The zero-order valence-corrected chi connectivity index (χ0v) is 10.5. The van der Waals surface area contributed by atoms with Crippen molar-refractivity contribution in [2.45, 2.75) is 0 Å². The number of carbonyl (C=O) groups is 1. The summed E-state index contributed by atoms with van der Waals surface area (Å²) in [4.78, 5) is 14.7. The predicted molar refractivity (Wildman–Crippen MR) is 67.1 cm³/mol. The predicted octanol–water partition coefficient (Wildman–Crippen LogP) is 2.17. The summed E-state index contributed by atoms with van der Waals surface area (Å²) in [6.45, 7) is 0. The fourth-order valence-corrected chi connectivity index (χ4v) is 1.67. The molecule has 0 bridgehead atoms. The van der Waals surface area contributed by atoms with Gasteiger partial charge in [-0.15, -0.1) is 0 Å². The van der Waals surface area contributed by atoms with Crippen LogP contribution < -0.4 is 9.80 Å². The van der Waals surface area contributed by atoms with Gasteiger partial charge in [-0.3, -0.25) is 0 Å². The number of nitrogens with zero attached hydrogens (tertiary/aromatic N) is 2. The van der Waals surface area contributed by atoms with Crippen molar-refractivity contribution in [3.05, 3.63) is 22.7 Å². The van der Waals surface area contributed by atoms with Crippen LogP contribution in [0.1, 0.15) is 10.4 Å². The van der Waals surface area contributed by atoms with Crippen LogP contribution in [0.5, 0.6) is 0 Å². The second-order valence-electron chi connectivity index (χ2n) is 3.91. The zero-order valence-electron chi connectivity index (χ0n) is 9.78. The van der Waals surface area contributed by atoms with Crippen molar-refractivity contribution in [3.63, 3.8) is 0 Å². The Hall–Kier alpha value is -1.42. The van der Waals surface area contributed by atoms with Crippen LogP contribution in [0.2, 0.25) is 5.02 Å². The Bertz CT molecular complexity index is 417. The van der Waals surface area contributed by atoms with Gasteiger partial charge < -0.3 is 14.9 Å². The topological polar surface area (TPSA) is 43.8 Å². The average Bonchev–Trinajstić information content (AvgIpc) is 2.15. The van der Waals surface area contributed by atoms with E-state index in [0.29, 0.717) is 0 Å². The molecule has 0 unspecified atom stereocenters. The highest BCUT2D eigenvalue weighted by molar-refractivity contribution is 6.34. The minimum absolute atomic E-state index is 0.121. The molecule has 0 aliphatic rings. The molecule has 0 spiro atoms. The smallest absolute Gasteiger partial charge is 0.337 e. The van der Waals surface area contributed by atoms with E-state index in [1.165, 1.54) is 0 Å². The number of hydrogen-bond donors (Lipinski definition) is 1. The number of carboxylic acid groups (broad SMARTS) is 1. The number of rotatable bonds is 3. The monoisotopic (exact) mass is 242 g/mol. The van der Waals surface area contributed by atoms with E-state index < -0.39 is 5.97 Å². The molecule has 1 rings (SSSR count). The number of benzene rings is 1. The Balaban J connectivity index is 3.43. The highest BCUT2D eigenvalue weighted by Crippen LogP contribution is 2.32. The SMILES string of the molecule is CN(C)c1cc(Cl)c(C(=O)O)cc1N(C)C. The second kappa shape index (κ2) is 4.61. The van der Waals surface area contributed by atoms with E-state index in [9.17, 15) is 4.79 Å². The minimum Gasteiger partial charge on any atom is -0.478 e. The van der Waals surface area contributed by atoms with E-state index >= 15 is 0 Å². The van der Waals surface area contributed by atoms with E-state index in [0.717, 1.165) is 11.4 Å². The number of aromatic carboxylic acids is 1. The first kappa shape index (κ1) is 12.6. The average molecular weight is 243 g/mol. The van der Waals surface area contributed by atoms with Gasteiger partial charge in [0, 0.05) is 28.2 Å². The Labute approximate surface area is 100 Å². The van der Waals surface area contributed by atoms with Gasteiger partial charge in [-0.1, -0.05) is 11.6 Å². The van der Waals surface area contributed by atoms with Crippen LogP contribution in [0.15, 0.2) is 12.1 Å². The standard InChI is InChI=1S/C11H15ClN2O2/c1-13(2)9-5-7(11(15)16)8(12)6-10(9)14(3)4/h5-6H,1-4H3,(H,15,16). The molecule has 0 aliphatic heterocycles. The molecule has 0 saturated carbocycles. The minimum atomic E-state index is -1.02. The lowest BCUT2D eigenvalue weighted by atomic mass is 10.1. The number of anilines is 2. The van der Waals surface area contributed by atoms with E-state index in [-0.39, 0.29) is 10.6 Å². The van der Waals surface area contributed by atoms with Crippen LogP contribution in [0.3, 0.4) is 0 Å². The summed E-state index contributed by atoms with van der Waals surface area (Å²) in [6.07, 6.45) is 0. The van der Waals surface area contributed by atoms with Crippen LogP contribution in [0.4, 0.5) is 11.4 Å². The van der Waals surface area contributed by atoms with Crippen LogP contribution >= 0.6 is 11.6 Å². The number of carboxylic acids is 1. The molecule has 1 aromatic carbocycles. The maximum Gasteiger partial charge on any atom is 0.337 e. The van der Waals surface area contributed by atoms with E-state index in [1.807, 2.05) is 38.0 Å². The van der Waals surface area contributed by atoms with Gasteiger partial charge in [0.25, 0.3) is 0 Å². The summed E-state index contributed by atoms with van der Waals surface area (Å²) in [6, 6.07) is 3.25. The van der Waals surface area contributed by atoms with Gasteiger partial charge in [-0.05, 0) is 12.1 Å². The highest BCUT2D eigenvalue weighted by atomic mass is 35.5. The van der Waals surface area contributed by atoms with Gasteiger partial charge in [0.05, 0.1) is 22.0 Å². The van der Waals surface area contributed by atoms with Gasteiger partial charge in [0.2, 0.25) is 0 Å². The Morgan fingerprint density at radius 3 is 1.94 bits per heavy atom. The Morgan fingerprint density at radius 1 is 1.12 bits per heavy atom. The van der Waals surface area contributed by atoms with Crippen molar-refractivity contribution in [1.29, 1.82) is 0 Å². The molecule has 4 nitrogen and oxygen atoms in total. The molecule has 88 valence electrons. The molecule has 0 heterocycles. The molecule has 0 radical (unpaired) electrons. The maximum absolute atomic E-state index is 11.0. The van der Waals surface area contributed by atoms with Gasteiger partial charge in [-0.2, -0.15) is 0 Å². The van der Waals surface area contributed by atoms with Crippen molar-refractivity contribution < 1.29 is 9.90 Å². The first-order valence-corrected chi connectivity index (χ1v) is 5.14. The highest BCUT2D eigenvalue weighted by Gasteiger charge is 2.15. The Morgan fingerprint density at radius 2 is 1.56 bits per heavy atom. The molecular formula is C11H15ClN2O2. The molecule has 0 atom stereocenters. The van der Waals surface area contributed by atoms with E-state index in [2.05, 4.69) is 0 Å². The molecule has 0 saturated heterocycles. The first-order valence-electron chi connectivity index (χ1n) is 4.76. The molecule has 16 heavy (non-hydrogen) atoms. The van der Waals surface area contributed by atoms with Crippen molar-refractivity contribution in [1.82, 2.24) is 0 Å². The maximum atomic E-state index is 11.0. The summed E-state index contributed by atoms with van der Waals surface area (Å²) in [5.41, 5.74) is 1.84. The molecule has 0 fully saturated rings. The fourth-order valence-electron chi connectivity index (χ4n) is 1.43. The molecule has 5 heteroatoms. The molecular weight excluding hydrogens is 228 g/mol. The van der Waals surface area contributed by atoms with Gasteiger partial charge in [0.1, 0.15) is 0 Å².